The zero-order valence-corrected chi connectivity index (χ0v) is 11.1. The predicted molar refractivity (Wildman–Crippen MR) is 70.6 cm³/mol. The lowest BCUT2D eigenvalue weighted by molar-refractivity contribution is -0.137. The van der Waals surface area contributed by atoms with Crippen LogP contribution in [0.3, 0.4) is 0 Å². The average molecular weight is 309 g/mol. The number of rotatable bonds is 4. The Bertz CT molecular complexity index is 670. The molecule has 0 aliphatic rings. The molecule has 114 valence electrons. The summed E-state index contributed by atoms with van der Waals surface area (Å²) in [5, 5.41) is 7.67. The molecule has 0 unspecified atom stereocenters. The lowest BCUT2D eigenvalue weighted by Crippen LogP contribution is -2.15. The van der Waals surface area contributed by atoms with E-state index in [1.165, 1.54) is 18.6 Å². The van der Waals surface area contributed by atoms with E-state index in [-0.39, 0.29) is 23.6 Å². The molecule has 2 rings (SSSR count). The quantitative estimate of drug-likeness (QED) is 0.696. The van der Waals surface area contributed by atoms with Crippen LogP contribution in [0.4, 0.5) is 13.2 Å². The number of ether oxygens (including phenoxy) is 1. The molecule has 0 atom stereocenters. The van der Waals surface area contributed by atoms with E-state index >= 15 is 0 Å². The third-order valence-electron chi connectivity index (χ3n) is 2.67. The van der Waals surface area contributed by atoms with Gasteiger partial charge in [-0.15, -0.1) is 0 Å². The van der Waals surface area contributed by atoms with Crippen molar-refractivity contribution in [3.05, 3.63) is 59.7 Å². The summed E-state index contributed by atoms with van der Waals surface area (Å²) in [5.41, 5.74) is -0.688. The largest absolute Gasteiger partial charge is 0.456 e. The molecule has 22 heavy (non-hydrogen) atoms. The summed E-state index contributed by atoms with van der Waals surface area (Å²) in [6, 6.07) is 3.64. The van der Waals surface area contributed by atoms with Gasteiger partial charge in [0, 0.05) is 12.4 Å². The Hall–Kier alpha value is -2.77. The number of nitrogens with zero attached hydrogens (tertiary/aromatic N) is 2. The maximum Gasteiger partial charge on any atom is 0.416 e. The number of carbonyl (C=O) groups excluding carboxylic acids is 1. The highest BCUT2D eigenvalue weighted by Gasteiger charge is 2.30. The molecule has 8 heteroatoms. The normalized spacial score (nSPS) is 11.0. The van der Waals surface area contributed by atoms with E-state index in [9.17, 15) is 18.0 Å². The van der Waals surface area contributed by atoms with Crippen LogP contribution in [-0.2, 0) is 10.9 Å². The molecule has 0 radical (unpaired) electrons. The second-order valence-electron chi connectivity index (χ2n) is 4.22. The minimum atomic E-state index is -4.46. The molecule has 1 aromatic heterocycles. The van der Waals surface area contributed by atoms with Gasteiger partial charge < -0.3 is 4.74 Å². The summed E-state index contributed by atoms with van der Waals surface area (Å²) < 4.78 is 42.1. The second kappa shape index (κ2) is 6.33. The number of benzene rings is 1. The van der Waals surface area contributed by atoms with Crippen molar-refractivity contribution < 1.29 is 22.7 Å². The third kappa shape index (κ3) is 3.87. The Morgan fingerprint density at radius 1 is 1.18 bits per heavy atom. The van der Waals surface area contributed by atoms with Crippen LogP contribution in [0.5, 0.6) is 0 Å². The van der Waals surface area contributed by atoms with Crippen LogP contribution >= 0.6 is 0 Å². The number of aromatic nitrogens is 2. The van der Waals surface area contributed by atoms with Crippen LogP contribution in [0.2, 0.25) is 0 Å². The molecular formula is C14H10F3N3O2. The van der Waals surface area contributed by atoms with Crippen molar-refractivity contribution in [2.45, 2.75) is 6.18 Å². The summed E-state index contributed by atoms with van der Waals surface area (Å²) in [5.74, 6) is -0.817. The summed E-state index contributed by atoms with van der Waals surface area (Å²) >= 11 is 0. The van der Waals surface area contributed by atoms with Gasteiger partial charge in [0.15, 0.2) is 0 Å². The van der Waals surface area contributed by atoms with Crippen LogP contribution in [0, 0.1) is 5.41 Å². The van der Waals surface area contributed by atoms with E-state index in [0.717, 1.165) is 24.3 Å². The second-order valence-corrected chi connectivity index (χ2v) is 4.22. The smallest absolute Gasteiger partial charge is 0.416 e. The Labute approximate surface area is 123 Å². The molecule has 0 amide bonds. The van der Waals surface area contributed by atoms with E-state index in [0.29, 0.717) is 0 Å². The minimum Gasteiger partial charge on any atom is -0.456 e. The van der Waals surface area contributed by atoms with Crippen LogP contribution in [-0.4, -0.2) is 28.3 Å². The summed E-state index contributed by atoms with van der Waals surface area (Å²) in [4.78, 5) is 19.3. The van der Waals surface area contributed by atoms with Gasteiger partial charge in [0.1, 0.15) is 12.3 Å². The standard InChI is InChI=1S/C14H10F3N3O2/c15-14(16,17)10-3-1-9(2-4-10)13(21)22-8-11(18)12-7-19-5-6-20-12/h1-7,18H,8H2. The Balaban J connectivity index is 1.97. The molecule has 0 spiro atoms. The van der Waals surface area contributed by atoms with Crippen LogP contribution in [0.25, 0.3) is 0 Å². The molecule has 0 saturated heterocycles. The Morgan fingerprint density at radius 3 is 2.41 bits per heavy atom. The number of hydrogen-bond acceptors (Lipinski definition) is 5. The molecule has 0 bridgehead atoms. The van der Waals surface area contributed by atoms with Crippen molar-refractivity contribution in [1.82, 2.24) is 9.97 Å². The highest BCUT2D eigenvalue weighted by Crippen LogP contribution is 2.29. The Morgan fingerprint density at radius 2 is 1.86 bits per heavy atom. The molecular weight excluding hydrogens is 299 g/mol. The van der Waals surface area contributed by atoms with Gasteiger partial charge in [0.25, 0.3) is 0 Å². The van der Waals surface area contributed by atoms with E-state index < -0.39 is 17.7 Å². The molecule has 1 aromatic carbocycles. The number of hydrogen-bond donors (Lipinski definition) is 1. The van der Waals surface area contributed by atoms with E-state index in [4.69, 9.17) is 10.1 Å². The van der Waals surface area contributed by atoms with Crippen molar-refractivity contribution in [3.8, 4) is 0 Å². The highest BCUT2D eigenvalue weighted by atomic mass is 19.4. The first-order valence-corrected chi connectivity index (χ1v) is 6.06. The van der Waals surface area contributed by atoms with Gasteiger partial charge in [0.2, 0.25) is 0 Å². The predicted octanol–water partition coefficient (Wildman–Crippen LogP) is 2.72. The topological polar surface area (TPSA) is 75.9 Å². The molecule has 0 saturated carbocycles. The molecule has 5 nitrogen and oxygen atoms in total. The number of halogens is 3. The summed E-state index contributed by atoms with van der Waals surface area (Å²) in [6.45, 7) is -0.349. The average Bonchev–Trinajstić information content (AvgIpc) is 2.52. The zero-order valence-electron chi connectivity index (χ0n) is 11.1. The van der Waals surface area contributed by atoms with Crippen molar-refractivity contribution in [3.63, 3.8) is 0 Å². The van der Waals surface area contributed by atoms with Crippen molar-refractivity contribution in [2.24, 2.45) is 0 Å². The SMILES string of the molecule is N=C(COC(=O)c1ccc(C(F)(F)F)cc1)c1cnccn1. The fourth-order valence-corrected chi connectivity index (χ4v) is 1.55. The first-order valence-electron chi connectivity index (χ1n) is 6.06. The monoisotopic (exact) mass is 309 g/mol. The molecule has 0 aliphatic carbocycles. The highest BCUT2D eigenvalue weighted by molar-refractivity contribution is 5.99. The number of esters is 1. The third-order valence-corrected chi connectivity index (χ3v) is 2.67. The molecule has 2 aromatic rings. The van der Waals surface area contributed by atoms with Crippen LogP contribution in [0.1, 0.15) is 21.6 Å². The van der Waals surface area contributed by atoms with Crippen molar-refractivity contribution in [1.29, 1.82) is 5.41 Å². The number of alkyl halides is 3. The molecule has 1 N–H and O–H groups in total. The van der Waals surface area contributed by atoms with Gasteiger partial charge in [0.05, 0.1) is 23.0 Å². The fraction of sp³-hybridized carbons (Fsp3) is 0.143. The lowest BCUT2D eigenvalue weighted by Gasteiger charge is -2.08. The van der Waals surface area contributed by atoms with E-state index in [1.807, 2.05) is 0 Å². The fourth-order valence-electron chi connectivity index (χ4n) is 1.55. The van der Waals surface area contributed by atoms with Gasteiger partial charge in [-0.3, -0.25) is 15.4 Å². The van der Waals surface area contributed by atoms with Gasteiger partial charge in [-0.05, 0) is 24.3 Å². The zero-order chi connectivity index (χ0) is 16.2. The molecule has 1 heterocycles. The van der Waals surface area contributed by atoms with E-state index in [1.54, 1.807) is 0 Å². The molecule has 0 aliphatic heterocycles. The lowest BCUT2D eigenvalue weighted by atomic mass is 10.1. The maximum atomic E-state index is 12.4. The first kappa shape index (κ1) is 15.6. The van der Waals surface area contributed by atoms with Crippen molar-refractivity contribution >= 4 is 11.7 Å². The Kier molecular flexibility index (Phi) is 4.50. The van der Waals surface area contributed by atoms with Crippen molar-refractivity contribution in [2.75, 3.05) is 6.61 Å². The summed E-state index contributed by atoms with van der Waals surface area (Å²) in [6.07, 6.45) is -0.294. The molecule has 0 fully saturated rings. The van der Waals surface area contributed by atoms with Gasteiger partial charge in [-0.25, -0.2) is 4.79 Å². The minimum absolute atomic E-state index is 0.0278. The number of nitrogens with one attached hydrogen (secondary N) is 1. The number of carbonyl (C=O) groups is 1. The van der Waals surface area contributed by atoms with Crippen LogP contribution in [0.15, 0.2) is 42.9 Å². The maximum absolute atomic E-state index is 12.4. The summed E-state index contributed by atoms with van der Waals surface area (Å²) in [7, 11) is 0. The van der Waals surface area contributed by atoms with E-state index in [2.05, 4.69) is 9.97 Å². The van der Waals surface area contributed by atoms with Gasteiger partial charge in [-0.2, -0.15) is 13.2 Å². The first-order chi connectivity index (χ1) is 10.4. The van der Waals surface area contributed by atoms with Gasteiger partial charge in [-0.1, -0.05) is 0 Å². The van der Waals surface area contributed by atoms with Gasteiger partial charge >= 0.3 is 12.1 Å². The van der Waals surface area contributed by atoms with Crippen LogP contribution < -0.4 is 0 Å².